The molecule has 0 aromatic heterocycles. The quantitative estimate of drug-likeness (QED) is 0.817. The van der Waals surface area contributed by atoms with Gasteiger partial charge < -0.3 is 0 Å². The first-order valence-electron chi connectivity index (χ1n) is 7.01. The van der Waals surface area contributed by atoms with Crippen molar-refractivity contribution in [3.05, 3.63) is 65.5 Å². The second kappa shape index (κ2) is 7.14. The Hall–Kier alpha value is -1.86. The maximum atomic E-state index is 13.6. The Balaban J connectivity index is 2.07. The third kappa shape index (κ3) is 4.33. The molecule has 0 aliphatic rings. The number of nitrogens with one attached hydrogen (secondary N) is 1. The molecule has 0 fully saturated rings. The molecule has 2 rings (SSSR count). The van der Waals surface area contributed by atoms with Crippen LogP contribution in [0.25, 0.3) is 0 Å². The molecule has 2 aromatic rings. The van der Waals surface area contributed by atoms with Gasteiger partial charge in [0.1, 0.15) is 4.90 Å². The molecule has 0 aliphatic carbocycles. The standard InChI is InChI=1S/C16H16F3NO2S/c1-11(7-8-12-5-3-2-4-6-12)20-23(21,22)14-10-9-13(17)15(18)16(14)19/h2-6,9-11,20H,7-8H2,1H3. The molecule has 0 spiro atoms. The molecule has 7 heteroatoms. The van der Waals surface area contributed by atoms with E-state index in [1.165, 1.54) is 0 Å². The molecule has 0 saturated heterocycles. The van der Waals surface area contributed by atoms with Gasteiger partial charge in [-0.1, -0.05) is 30.3 Å². The summed E-state index contributed by atoms with van der Waals surface area (Å²) in [5.41, 5.74) is 1.04. The van der Waals surface area contributed by atoms with Gasteiger partial charge >= 0.3 is 0 Å². The monoisotopic (exact) mass is 343 g/mol. The first-order valence-corrected chi connectivity index (χ1v) is 8.49. The number of benzene rings is 2. The third-order valence-electron chi connectivity index (χ3n) is 3.35. The van der Waals surface area contributed by atoms with E-state index in [4.69, 9.17) is 0 Å². The second-order valence-electron chi connectivity index (χ2n) is 5.22. The van der Waals surface area contributed by atoms with E-state index in [-0.39, 0.29) is 0 Å². The van der Waals surface area contributed by atoms with Crippen LogP contribution in [-0.2, 0) is 16.4 Å². The third-order valence-corrected chi connectivity index (χ3v) is 4.96. The maximum Gasteiger partial charge on any atom is 0.243 e. The van der Waals surface area contributed by atoms with Crippen LogP contribution >= 0.6 is 0 Å². The van der Waals surface area contributed by atoms with Gasteiger partial charge in [-0.05, 0) is 37.5 Å². The van der Waals surface area contributed by atoms with E-state index in [1.807, 2.05) is 30.3 Å². The lowest BCUT2D eigenvalue weighted by Gasteiger charge is -2.15. The molecule has 1 atom stereocenters. The molecule has 2 aromatic carbocycles. The molecule has 1 unspecified atom stereocenters. The lowest BCUT2D eigenvalue weighted by molar-refractivity contribution is 0.431. The summed E-state index contributed by atoms with van der Waals surface area (Å²) < 4.78 is 66.2. The number of sulfonamides is 1. The summed E-state index contributed by atoms with van der Waals surface area (Å²) in [5, 5.41) is 0. The van der Waals surface area contributed by atoms with Crippen molar-refractivity contribution in [3.8, 4) is 0 Å². The lowest BCUT2D eigenvalue weighted by atomic mass is 10.1. The molecule has 0 bridgehead atoms. The van der Waals surface area contributed by atoms with Gasteiger partial charge in [0.2, 0.25) is 10.0 Å². The largest absolute Gasteiger partial charge is 0.243 e. The fourth-order valence-corrected chi connectivity index (χ4v) is 3.48. The average Bonchev–Trinajstić information content (AvgIpc) is 2.51. The smallest absolute Gasteiger partial charge is 0.208 e. The topological polar surface area (TPSA) is 46.2 Å². The fourth-order valence-electron chi connectivity index (χ4n) is 2.13. The summed E-state index contributed by atoms with van der Waals surface area (Å²) in [7, 11) is -4.27. The Morgan fingerprint density at radius 1 is 1.00 bits per heavy atom. The Morgan fingerprint density at radius 3 is 2.30 bits per heavy atom. The number of rotatable bonds is 6. The zero-order valence-electron chi connectivity index (χ0n) is 12.4. The van der Waals surface area contributed by atoms with Crippen molar-refractivity contribution in [1.29, 1.82) is 0 Å². The fraction of sp³-hybridized carbons (Fsp3) is 0.250. The maximum absolute atomic E-state index is 13.6. The highest BCUT2D eigenvalue weighted by molar-refractivity contribution is 7.89. The zero-order valence-corrected chi connectivity index (χ0v) is 13.2. The Kier molecular flexibility index (Phi) is 5.43. The van der Waals surface area contributed by atoms with Crippen LogP contribution in [0.2, 0.25) is 0 Å². The van der Waals surface area contributed by atoms with Crippen molar-refractivity contribution >= 4 is 10.0 Å². The zero-order chi connectivity index (χ0) is 17.0. The molecule has 0 radical (unpaired) electrons. The van der Waals surface area contributed by atoms with Crippen LogP contribution in [0.15, 0.2) is 47.4 Å². The van der Waals surface area contributed by atoms with Crippen LogP contribution in [0, 0.1) is 17.5 Å². The Morgan fingerprint density at radius 2 is 1.65 bits per heavy atom. The molecule has 0 heterocycles. The highest BCUT2D eigenvalue weighted by Crippen LogP contribution is 2.20. The van der Waals surface area contributed by atoms with E-state index in [2.05, 4.69) is 4.72 Å². The van der Waals surface area contributed by atoms with Crippen LogP contribution in [0.3, 0.4) is 0 Å². The van der Waals surface area contributed by atoms with Crippen LogP contribution in [0.1, 0.15) is 18.9 Å². The van der Waals surface area contributed by atoms with Gasteiger partial charge in [0, 0.05) is 6.04 Å². The number of aryl methyl sites for hydroxylation is 1. The molecule has 124 valence electrons. The first-order chi connectivity index (χ1) is 10.8. The van der Waals surface area contributed by atoms with Crippen molar-refractivity contribution < 1.29 is 21.6 Å². The minimum atomic E-state index is -4.27. The van der Waals surface area contributed by atoms with E-state index in [0.717, 1.165) is 5.56 Å². The predicted molar refractivity (Wildman–Crippen MR) is 80.9 cm³/mol. The summed E-state index contributed by atoms with van der Waals surface area (Å²) in [6.45, 7) is 1.62. The van der Waals surface area contributed by atoms with Gasteiger partial charge in [-0.3, -0.25) is 0 Å². The van der Waals surface area contributed by atoms with Crippen LogP contribution in [0.4, 0.5) is 13.2 Å². The predicted octanol–water partition coefficient (Wildman–Crippen LogP) is 3.40. The van der Waals surface area contributed by atoms with Gasteiger partial charge in [-0.15, -0.1) is 0 Å². The van der Waals surface area contributed by atoms with Gasteiger partial charge in [-0.25, -0.2) is 26.3 Å². The molecule has 0 amide bonds. The average molecular weight is 343 g/mol. The van der Waals surface area contributed by atoms with Crippen LogP contribution in [-0.4, -0.2) is 14.5 Å². The van der Waals surface area contributed by atoms with Crippen molar-refractivity contribution in [3.63, 3.8) is 0 Å². The Labute approximate surface area is 133 Å². The van der Waals surface area contributed by atoms with Crippen molar-refractivity contribution in [2.45, 2.75) is 30.7 Å². The second-order valence-corrected chi connectivity index (χ2v) is 6.90. The minimum Gasteiger partial charge on any atom is -0.208 e. The van der Waals surface area contributed by atoms with Crippen molar-refractivity contribution in [2.75, 3.05) is 0 Å². The van der Waals surface area contributed by atoms with E-state index >= 15 is 0 Å². The summed E-state index contributed by atoms with van der Waals surface area (Å²) in [6.07, 6.45) is 1.11. The molecule has 0 saturated carbocycles. The van der Waals surface area contributed by atoms with Gasteiger partial charge in [0.15, 0.2) is 17.5 Å². The summed E-state index contributed by atoms with van der Waals surface area (Å²) in [5.74, 6) is -4.95. The van der Waals surface area contributed by atoms with Gasteiger partial charge in [-0.2, -0.15) is 0 Å². The first kappa shape index (κ1) is 17.5. The summed E-state index contributed by atoms with van der Waals surface area (Å²) >= 11 is 0. The number of hydrogen-bond donors (Lipinski definition) is 1. The summed E-state index contributed by atoms with van der Waals surface area (Å²) in [4.78, 5) is -0.900. The normalized spacial score (nSPS) is 13.0. The van der Waals surface area contributed by atoms with Crippen molar-refractivity contribution in [1.82, 2.24) is 4.72 Å². The van der Waals surface area contributed by atoms with E-state index < -0.39 is 38.4 Å². The number of halogens is 3. The highest BCUT2D eigenvalue weighted by atomic mass is 32.2. The molecular formula is C16H16F3NO2S. The molecular weight excluding hydrogens is 327 g/mol. The van der Waals surface area contributed by atoms with E-state index in [9.17, 15) is 21.6 Å². The van der Waals surface area contributed by atoms with E-state index in [1.54, 1.807) is 6.92 Å². The molecule has 0 aliphatic heterocycles. The van der Waals surface area contributed by atoms with Gasteiger partial charge in [0.25, 0.3) is 0 Å². The summed E-state index contributed by atoms with van der Waals surface area (Å²) in [6, 6.07) is 10.3. The highest BCUT2D eigenvalue weighted by Gasteiger charge is 2.25. The molecule has 3 nitrogen and oxygen atoms in total. The van der Waals surface area contributed by atoms with Gasteiger partial charge in [0.05, 0.1) is 0 Å². The van der Waals surface area contributed by atoms with Crippen LogP contribution in [0.5, 0.6) is 0 Å². The molecule has 1 N–H and O–H groups in total. The number of hydrogen-bond acceptors (Lipinski definition) is 2. The Bertz CT molecular complexity index is 779. The molecule has 23 heavy (non-hydrogen) atoms. The lowest BCUT2D eigenvalue weighted by Crippen LogP contribution is -2.33. The SMILES string of the molecule is CC(CCc1ccccc1)NS(=O)(=O)c1ccc(F)c(F)c1F. The van der Waals surface area contributed by atoms with Crippen LogP contribution < -0.4 is 4.72 Å². The van der Waals surface area contributed by atoms with Crippen molar-refractivity contribution in [2.24, 2.45) is 0 Å². The minimum absolute atomic E-state index is 0.481. The van der Waals surface area contributed by atoms with E-state index in [0.29, 0.717) is 25.0 Å².